The van der Waals surface area contributed by atoms with Crippen molar-refractivity contribution in [2.45, 2.75) is 77.7 Å². The number of furan rings is 1. The van der Waals surface area contributed by atoms with Gasteiger partial charge < -0.3 is 13.6 Å². The zero-order valence-electron chi connectivity index (χ0n) is 20.4. The van der Waals surface area contributed by atoms with Gasteiger partial charge in [0.15, 0.2) is 8.32 Å². The molecule has 0 aliphatic rings. The summed E-state index contributed by atoms with van der Waals surface area (Å²) in [5.74, 6) is 1.00. The zero-order valence-corrected chi connectivity index (χ0v) is 23.0. The number of rotatable bonds is 11. The highest BCUT2D eigenvalue weighted by molar-refractivity contribution is 9.10. The van der Waals surface area contributed by atoms with Crippen LogP contribution in [0.2, 0.25) is 16.6 Å². The molecule has 0 atom stereocenters. The van der Waals surface area contributed by atoms with E-state index in [1.807, 2.05) is 12.1 Å². The Morgan fingerprint density at radius 2 is 1.75 bits per heavy atom. The minimum atomic E-state index is -1.84. The Balaban J connectivity index is 1.78. The number of benzene rings is 1. The van der Waals surface area contributed by atoms with E-state index in [1.54, 1.807) is 13.4 Å². The van der Waals surface area contributed by atoms with Crippen LogP contribution in [0.5, 0.6) is 0 Å². The fourth-order valence-electron chi connectivity index (χ4n) is 5.19. The lowest BCUT2D eigenvalue weighted by atomic mass is 10.1. The Labute approximate surface area is 201 Å². The van der Waals surface area contributed by atoms with Gasteiger partial charge in [-0.15, -0.1) is 0 Å². The van der Waals surface area contributed by atoms with E-state index in [0.717, 1.165) is 52.1 Å². The zero-order chi connectivity index (χ0) is 23.5. The third-order valence-corrected chi connectivity index (χ3v) is 13.5. The molecule has 0 aliphatic heterocycles. The molecule has 32 heavy (non-hydrogen) atoms. The Morgan fingerprint density at radius 1 is 1.06 bits per heavy atom. The molecule has 0 fully saturated rings. The molecule has 0 amide bonds. The average molecular weight is 522 g/mol. The number of aryl methyl sites for hydroxylation is 1. The first-order valence-electron chi connectivity index (χ1n) is 11.6. The second-order valence-corrected chi connectivity index (χ2v) is 15.7. The van der Waals surface area contributed by atoms with Crippen molar-refractivity contribution in [1.29, 1.82) is 0 Å². The van der Waals surface area contributed by atoms with Gasteiger partial charge in [-0.25, -0.2) is 4.98 Å². The summed E-state index contributed by atoms with van der Waals surface area (Å²) in [4.78, 5) is 4.98. The maximum Gasteiger partial charge on any atom is 0.200 e. The molecule has 3 rings (SSSR count). The fraction of sp³-hybridized carbons (Fsp3) is 0.560. The Hall–Kier alpha value is -1.41. The molecule has 2 aromatic heterocycles. The van der Waals surface area contributed by atoms with Gasteiger partial charge in [-0.1, -0.05) is 53.7 Å². The molecular weight excluding hydrogens is 484 g/mol. The van der Waals surface area contributed by atoms with Crippen molar-refractivity contribution in [3.05, 3.63) is 41.0 Å². The van der Waals surface area contributed by atoms with E-state index in [4.69, 9.17) is 18.6 Å². The number of imidazole rings is 1. The monoisotopic (exact) mass is 520 g/mol. The van der Waals surface area contributed by atoms with E-state index < -0.39 is 8.32 Å². The van der Waals surface area contributed by atoms with E-state index in [9.17, 15) is 0 Å². The van der Waals surface area contributed by atoms with Gasteiger partial charge in [-0.3, -0.25) is 4.57 Å². The second kappa shape index (κ2) is 10.7. The summed E-state index contributed by atoms with van der Waals surface area (Å²) < 4.78 is 20.8. The normalized spacial score (nSPS) is 12.7. The molecule has 0 N–H and O–H groups in total. The largest absolute Gasteiger partial charge is 0.464 e. The molecule has 0 spiro atoms. The van der Waals surface area contributed by atoms with E-state index in [2.05, 4.69) is 74.2 Å². The summed E-state index contributed by atoms with van der Waals surface area (Å²) >= 11 is 3.76. The van der Waals surface area contributed by atoms with Gasteiger partial charge >= 0.3 is 0 Å². The van der Waals surface area contributed by atoms with E-state index in [-0.39, 0.29) is 0 Å². The number of fused-ring (bicyclic) bond motifs is 1. The number of nitrogens with zero attached hydrogens (tertiary/aromatic N) is 2. The molecule has 176 valence electrons. The molecule has 5 nitrogen and oxygen atoms in total. The van der Waals surface area contributed by atoms with Crippen LogP contribution in [0.15, 0.2) is 39.5 Å². The summed E-state index contributed by atoms with van der Waals surface area (Å²) in [5.41, 5.74) is 4.58. The number of ether oxygens (including phenoxy) is 1. The van der Waals surface area contributed by atoms with Crippen LogP contribution in [-0.4, -0.2) is 31.6 Å². The van der Waals surface area contributed by atoms with Gasteiger partial charge in [0, 0.05) is 31.1 Å². The van der Waals surface area contributed by atoms with Gasteiger partial charge in [-0.2, -0.15) is 0 Å². The van der Waals surface area contributed by atoms with Crippen LogP contribution in [0.25, 0.3) is 22.2 Å². The number of hydrogen-bond acceptors (Lipinski definition) is 4. The van der Waals surface area contributed by atoms with Gasteiger partial charge in [-0.05, 0) is 51.1 Å². The topological polar surface area (TPSA) is 49.4 Å². The fourth-order valence-corrected chi connectivity index (χ4v) is 11.3. The maximum absolute atomic E-state index is 6.74. The van der Waals surface area contributed by atoms with Gasteiger partial charge in [0.25, 0.3) is 0 Å². The molecule has 7 heteroatoms. The molecule has 2 heterocycles. The summed E-state index contributed by atoms with van der Waals surface area (Å²) in [7, 11) is -0.134. The summed E-state index contributed by atoms with van der Waals surface area (Å²) in [6.45, 7) is 15.2. The molecule has 0 bridgehead atoms. The van der Waals surface area contributed by atoms with Crippen molar-refractivity contribution < 1.29 is 13.6 Å². The van der Waals surface area contributed by atoms with Crippen molar-refractivity contribution in [1.82, 2.24) is 9.55 Å². The molecule has 0 saturated carbocycles. The number of halogens is 1. The minimum absolute atomic E-state index is 0.454. The first-order valence-corrected chi connectivity index (χ1v) is 14.5. The molecule has 0 unspecified atom stereocenters. The first kappa shape index (κ1) is 25.2. The van der Waals surface area contributed by atoms with Crippen LogP contribution in [0.1, 0.15) is 53.8 Å². The highest BCUT2D eigenvalue weighted by atomic mass is 79.9. The SMILES string of the molecule is COCn1c(CCCO[Si](C(C)C)(C(C)C)C(C)C)nc(-c2ccc3ccoc3c2)c1Br. The van der Waals surface area contributed by atoms with Crippen LogP contribution in [0.4, 0.5) is 0 Å². The van der Waals surface area contributed by atoms with E-state index in [0.29, 0.717) is 23.4 Å². The third kappa shape index (κ3) is 4.91. The van der Waals surface area contributed by atoms with Crippen molar-refractivity contribution in [3.8, 4) is 11.3 Å². The highest BCUT2D eigenvalue weighted by Gasteiger charge is 2.44. The van der Waals surface area contributed by atoms with Gasteiger partial charge in [0.05, 0.1) is 6.26 Å². The number of aromatic nitrogens is 2. The summed E-state index contributed by atoms with van der Waals surface area (Å²) in [6, 6.07) is 8.17. The summed E-state index contributed by atoms with van der Waals surface area (Å²) in [6.07, 6.45) is 3.49. The van der Waals surface area contributed by atoms with Gasteiger partial charge in [0.2, 0.25) is 0 Å². The van der Waals surface area contributed by atoms with Gasteiger partial charge in [0.1, 0.15) is 28.4 Å². The standard InChI is InChI=1S/C25H37BrN2O3Si/c1-17(2)32(18(3)4,19(5)6)31-13-8-9-23-27-24(25(26)28(23)16-29-7)21-11-10-20-12-14-30-22(20)15-21/h10-12,14-15,17-19H,8-9,13,16H2,1-7H3. The van der Waals surface area contributed by atoms with Crippen molar-refractivity contribution in [2.75, 3.05) is 13.7 Å². The van der Waals surface area contributed by atoms with Crippen molar-refractivity contribution >= 4 is 35.2 Å². The predicted octanol–water partition coefficient (Wildman–Crippen LogP) is 7.79. The van der Waals surface area contributed by atoms with Crippen LogP contribution < -0.4 is 0 Å². The van der Waals surface area contributed by atoms with Crippen molar-refractivity contribution in [3.63, 3.8) is 0 Å². The maximum atomic E-state index is 6.74. The predicted molar refractivity (Wildman–Crippen MR) is 137 cm³/mol. The van der Waals surface area contributed by atoms with Crippen LogP contribution >= 0.6 is 15.9 Å². The quantitative estimate of drug-likeness (QED) is 0.191. The Kier molecular flexibility index (Phi) is 8.41. The minimum Gasteiger partial charge on any atom is -0.464 e. The first-order chi connectivity index (χ1) is 15.2. The number of hydrogen-bond donors (Lipinski definition) is 0. The lowest BCUT2D eigenvalue weighted by molar-refractivity contribution is 0.126. The highest BCUT2D eigenvalue weighted by Crippen LogP contribution is 2.42. The molecule has 3 aromatic rings. The third-order valence-electron chi connectivity index (χ3n) is 6.58. The molecule has 1 aromatic carbocycles. The average Bonchev–Trinajstić information content (AvgIpc) is 3.32. The van der Waals surface area contributed by atoms with E-state index >= 15 is 0 Å². The molecule has 0 aliphatic carbocycles. The molecule has 0 radical (unpaired) electrons. The van der Waals surface area contributed by atoms with Crippen molar-refractivity contribution in [2.24, 2.45) is 0 Å². The summed E-state index contributed by atoms with van der Waals surface area (Å²) in [5, 5.41) is 1.09. The Morgan fingerprint density at radius 3 is 2.38 bits per heavy atom. The second-order valence-electron chi connectivity index (χ2n) is 9.46. The number of methoxy groups -OCH3 is 1. The lowest BCUT2D eigenvalue weighted by Gasteiger charge is -2.42. The van der Waals surface area contributed by atoms with E-state index in [1.165, 1.54) is 0 Å². The van der Waals surface area contributed by atoms with Crippen LogP contribution in [-0.2, 0) is 22.3 Å². The smallest absolute Gasteiger partial charge is 0.200 e. The molecule has 0 saturated heterocycles. The Bertz CT molecular complexity index is 1000. The van der Waals surface area contributed by atoms with Crippen LogP contribution in [0, 0.1) is 0 Å². The van der Waals surface area contributed by atoms with Crippen LogP contribution in [0.3, 0.4) is 0 Å². The molecular formula is C25H37BrN2O3Si. The lowest BCUT2D eigenvalue weighted by Crippen LogP contribution is -2.48.